The highest BCUT2D eigenvalue weighted by Gasteiger charge is 2.20. The summed E-state index contributed by atoms with van der Waals surface area (Å²) >= 11 is 0. The first-order valence-corrected chi connectivity index (χ1v) is 4.94. The van der Waals surface area contributed by atoms with Crippen LogP contribution in [0.15, 0.2) is 0 Å². The number of likely N-dealkylation sites (N-methyl/N-ethyl adjacent to an activating group) is 1. The van der Waals surface area contributed by atoms with Crippen molar-refractivity contribution < 1.29 is 17.6 Å². The van der Waals surface area contributed by atoms with E-state index in [1.165, 1.54) is 0 Å². The number of rotatable bonds is 4. The summed E-state index contributed by atoms with van der Waals surface area (Å²) in [6.07, 6.45) is 0. The summed E-state index contributed by atoms with van der Waals surface area (Å²) in [4.78, 5) is 4.25. The fourth-order valence-electron chi connectivity index (χ4n) is 1.07. The van der Waals surface area contributed by atoms with E-state index in [1.807, 2.05) is 0 Å². The lowest BCUT2D eigenvalue weighted by Crippen LogP contribution is -2.32. The first-order chi connectivity index (χ1) is 7.84. The largest absolute Gasteiger partial charge is 0.378 e. The SMILES string of the molecule is CC(CNc1c(F)c(F)nc(F)c1F)N(C)C. The van der Waals surface area contributed by atoms with Crippen LogP contribution in [-0.4, -0.2) is 36.6 Å². The third-order valence-electron chi connectivity index (χ3n) is 2.45. The molecule has 0 bridgehead atoms. The topological polar surface area (TPSA) is 28.2 Å². The average Bonchev–Trinajstić information content (AvgIpc) is 2.26. The molecule has 3 nitrogen and oxygen atoms in total. The first kappa shape index (κ1) is 13.7. The molecule has 1 heterocycles. The molecule has 7 heteroatoms. The molecule has 1 N–H and O–H groups in total. The molecule has 0 aliphatic heterocycles. The van der Waals surface area contributed by atoms with Gasteiger partial charge in [-0.2, -0.15) is 22.5 Å². The molecule has 1 unspecified atom stereocenters. The van der Waals surface area contributed by atoms with Crippen molar-refractivity contribution in [3.8, 4) is 0 Å². The van der Waals surface area contributed by atoms with Crippen molar-refractivity contribution in [2.75, 3.05) is 26.0 Å². The Morgan fingerprint density at radius 2 is 1.59 bits per heavy atom. The smallest absolute Gasteiger partial charge is 0.253 e. The molecular formula is C10H13F4N3. The number of pyridine rings is 1. The van der Waals surface area contributed by atoms with E-state index in [2.05, 4.69) is 10.3 Å². The molecule has 0 aliphatic rings. The summed E-state index contributed by atoms with van der Waals surface area (Å²) in [6.45, 7) is 1.93. The molecule has 0 aliphatic carbocycles. The third kappa shape index (κ3) is 3.06. The van der Waals surface area contributed by atoms with Crippen molar-refractivity contribution in [2.45, 2.75) is 13.0 Å². The average molecular weight is 251 g/mol. The zero-order valence-corrected chi connectivity index (χ0v) is 9.69. The van der Waals surface area contributed by atoms with Crippen molar-refractivity contribution in [1.82, 2.24) is 9.88 Å². The minimum atomic E-state index is -1.66. The highest BCUT2D eigenvalue weighted by Crippen LogP contribution is 2.21. The predicted molar refractivity (Wildman–Crippen MR) is 55.7 cm³/mol. The molecule has 0 saturated heterocycles. The fraction of sp³-hybridized carbons (Fsp3) is 0.500. The summed E-state index contributed by atoms with van der Waals surface area (Å²) in [5, 5.41) is 2.33. The van der Waals surface area contributed by atoms with Crippen LogP contribution in [0.1, 0.15) is 6.92 Å². The van der Waals surface area contributed by atoms with Gasteiger partial charge < -0.3 is 10.2 Å². The van der Waals surface area contributed by atoms with E-state index >= 15 is 0 Å². The summed E-state index contributed by atoms with van der Waals surface area (Å²) in [7, 11) is 3.54. The molecule has 17 heavy (non-hydrogen) atoms. The van der Waals surface area contributed by atoms with Crippen LogP contribution in [0.4, 0.5) is 23.2 Å². The number of aromatic nitrogens is 1. The van der Waals surface area contributed by atoms with Crippen LogP contribution in [0.25, 0.3) is 0 Å². The lowest BCUT2D eigenvalue weighted by Gasteiger charge is -2.20. The molecule has 1 rings (SSSR count). The Morgan fingerprint density at radius 3 is 2.00 bits per heavy atom. The number of hydrogen-bond acceptors (Lipinski definition) is 3. The molecule has 1 aromatic rings. The molecule has 1 aromatic heterocycles. The van der Waals surface area contributed by atoms with Crippen LogP contribution in [0.5, 0.6) is 0 Å². The number of anilines is 1. The summed E-state index contributed by atoms with van der Waals surface area (Å²) in [5.74, 6) is -6.36. The van der Waals surface area contributed by atoms with Crippen LogP contribution in [-0.2, 0) is 0 Å². The summed E-state index contributed by atoms with van der Waals surface area (Å²) < 4.78 is 51.9. The van der Waals surface area contributed by atoms with Crippen molar-refractivity contribution in [3.63, 3.8) is 0 Å². The Morgan fingerprint density at radius 1 is 1.12 bits per heavy atom. The fourth-order valence-corrected chi connectivity index (χ4v) is 1.07. The lowest BCUT2D eigenvalue weighted by atomic mass is 10.3. The Labute approximate surface area is 96.4 Å². The van der Waals surface area contributed by atoms with Crippen molar-refractivity contribution in [3.05, 3.63) is 23.5 Å². The van der Waals surface area contributed by atoms with E-state index in [0.29, 0.717) is 0 Å². The highest BCUT2D eigenvalue weighted by molar-refractivity contribution is 5.45. The standard InChI is InChI=1S/C10H13F4N3/c1-5(17(2)3)4-15-8-6(11)9(13)16-10(14)7(8)12/h5H,4H2,1-3H3,(H,15,16). The third-order valence-corrected chi connectivity index (χ3v) is 2.45. The number of hydrogen-bond donors (Lipinski definition) is 1. The van der Waals surface area contributed by atoms with Gasteiger partial charge in [0.2, 0.25) is 11.6 Å². The van der Waals surface area contributed by atoms with Gasteiger partial charge in [0.05, 0.1) is 0 Å². The molecule has 0 amide bonds. The van der Waals surface area contributed by atoms with Gasteiger partial charge in [0.15, 0.2) is 0 Å². The van der Waals surface area contributed by atoms with Crippen LogP contribution in [0.3, 0.4) is 0 Å². The molecule has 0 radical (unpaired) electrons. The summed E-state index contributed by atoms with van der Waals surface area (Å²) in [6, 6.07) is -0.0620. The molecule has 96 valence electrons. The predicted octanol–water partition coefficient (Wildman–Crippen LogP) is 2.00. The van der Waals surface area contributed by atoms with Gasteiger partial charge in [0, 0.05) is 12.6 Å². The molecule has 1 atom stereocenters. The van der Waals surface area contributed by atoms with Crippen LogP contribution in [0.2, 0.25) is 0 Å². The van der Waals surface area contributed by atoms with Gasteiger partial charge in [-0.15, -0.1) is 0 Å². The Balaban J connectivity index is 2.91. The molecule has 0 fully saturated rings. The van der Waals surface area contributed by atoms with Gasteiger partial charge in [0.25, 0.3) is 11.9 Å². The number of halogens is 4. The molecular weight excluding hydrogens is 238 g/mol. The quantitative estimate of drug-likeness (QED) is 0.655. The van der Waals surface area contributed by atoms with E-state index in [4.69, 9.17) is 0 Å². The van der Waals surface area contributed by atoms with E-state index in [-0.39, 0.29) is 12.6 Å². The van der Waals surface area contributed by atoms with Crippen molar-refractivity contribution in [1.29, 1.82) is 0 Å². The maximum atomic E-state index is 13.2. The van der Waals surface area contributed by atoms with E-state index in [1.54, 1.807) is 25.9 Å². The molecule has 0 saturated carbocycles. The lowest BCUT2D eigenvalue weighted by molar-refractivity contribution is 0.325. The first-order valence-electron chi connectivity index (χ1n) is 4.94. The second kappa shape index (κ2) is 5.31. The van der Waals surface area contributed by atoms with Gasteiger partial charge in [-0.1, -0.05) is 0 Å². The number of nitrogens with one attached hydrogen (secondary N) is 1. The van der Waals surface area contributed by atoms with Gasteiger partial charge in [-0.25, -0.2) is 0 Å². The maximum Gasteiger partial charge on any atom is 0.253 e. The molecule has 0 aromatic carbocycles. The normalized spacial score (nSPS) is 12.9. The monoisotopic (exact) mass is 251 g/mol. The van der Waals surface area contributed by atoms with Crippen molar-refractivity contribution >= 4 is 5.69 Å². The van der Waals surface area contributed by atoms with E-state index in [9.17, 15) is 17.6 Å². The van der Waals surface area contributed by atoms with E-state index in [0.717, 1.165) is 0 Å². The highest BCUT2D eigenvalue weighted by atomic mass is 19.2. The number of nitrogens with zero attached hydrogens (tertiary/aromatic N) is 2. The Hall–Kier alpha value is -1.37. The minimum Gasteiger partial charge on any atom is -0.378 e. The van der Waals surface area contributed by atoms with Gasteiger partial charge in [-0.05, 0) is 21.0 Å². The van der Waals surface area contributed by atoms with Crippen LogP contribution >= 0.6 is 0 Å². The second-order valence-electron chi connectivity index (χ2n) is 3.89. The van der Waals surface area contributed by atoms with Gasteiger partial charge >= 0.3 is 0 Å². The Bertz CT molecular complexity index is 383. The van der Waals surface area contributed by atoms with Crippen LogP contribution < -0.4 is 5.32 Å². The zero-order chi connectivity index (χ0) is 13.2. The van der Waals surface area contributed by atoms with Gasteiger partial charge in [-0.3, -0.25) is 0 Å². The maximum absolute atomic E-state index is 13.2. The summed E-state index contributed by atoms with van der Waals surface area (Å²) in [5.41, 5.74) is -0.830. The van der Waals surface area contributed by atoms with E-state index < -0.39 is 29.2 Å². The van der Waals surface area contributed by atoms with Gasteiger partial charge in [0.1, 0.15) is 5.69 Å². The van der Waals surface area contributed by atoms with Crippen LogP contribution in [0, 0.1) is 23.5 Å². The zero-order valence-electron chi connectivity index (χ0n) is 9.69. The Kier molecular flexibility index (Phi) is 4.28. The van der Waals surface area contributed by atoms with Crippen molar-refractivity contribution in [2.24, 2.45) is 0 Å². The molecule has 0 spiro atoms. The minimum absolute atomic E-state index is 0.0620. The second-order valence-corrected chi connectivity index (χ2v) is 3.89.